The lowest BCUT2D eigenvalue weighted by Crippen LogP contribution is -2.31. The summed E-state index contributed by atoms with van der Waals surface area (Å²) < 4.78 is 5.31. The third-order valence-electron chi connectivity index (χ3n) is 4.48. The first-order chi connectivity index (χ1) is 14.9. The lowest BCUT2D eigenvalue weighted by molar-refractivity contribution is -0.385. The van der Waals surface area contributed by atoms with E-state index in [1.807, 2.05) is 12.1 Å². The van der Waals surface area contributed by atoms with Crippen molar-refractivity contribution >= 4 is 23.2 Å². The maximum Gasteiger partial charge on any atom is 0.310 e. The molecule has 0 aliphatic rings. The van der Waals surface area contributed by atoms with Crippen LogP contribution in [-0.4, -0.2) is 23.3 Å². The Labute approximate surface area is 179 Å². The fourth-order valence-electron chi connectivity index (χ4n) is 2.92. The molecule has 8 nitrogen and oxygen atoms in total. The van der Waals surface area contributed by atoms with Crippen LogP contribution < -0.4 is 15.4 Å². The number of para-hydroxylation sites is 2. The number of rotatable bonds is 8. The summed E-state index contributed by atoms with van der Waals surface area (Å²) in [5.41, 5.74) is 1.72. The second kappa shape index (κ2) is 10.0. The van der Waals surface area contributed by atoms with Gasteiger partial charge < -0.3 is 15.4 Å². The number of hydrogen-bond acceptors (Lipinski definition) is 5. The van der Waals surface area contributed by atoms with E-state index in [0.717, 1.165) is 5.56 Å². The van der Waals surface area contributed by atoms with Crippen LogP contribution in [0.1, 0.15) is 28.9 Å². The van der Waals surface area contributed by atoms with Crippen molar-refractivity contribution in [2.45, 2.75) is 13.0 Å². The summed E-state index contributed by atoms with van der Waals surface area (Å²) in [6.45, 7) is 1.43. The Morgan fingerprint density at radius 2 is 1.71 bits per heavy atom. The largest absolute Gasteiger partial charge is 0.477 e. The van der Waals surface area contributed by atoms with Gasteiger partial charge in [0.15, 0.2) is 12.4 Å². The maximum absolute atomic E-state index is 12.3. The molecule has 3 aromatic carbocycles. The Balaban J connectivity index is 1.58. The zero-order valence-corrected chi connectivity index (χ0v) is 16.8. The zero-order valence-electron chi connectivity index (χ0n) is 16.8. The van der Waals surface area contributed by atoms with E-state index in [4.69, 9.17) is 4.74 Å². The molecule has 0 aromatic heterocycles. The molecule has 2 amide bonds. The first-order valence-corrected chi connectivity index (χ1v) is 9.56. The minimum Gasteiger partial charge on any atom is -0.477 e. The number of benzene rings is 3. The third kappa shape index (κ3) is 5.89. The maximum atomic E-state index is 12.3. The number of carbonyl (C=O) groups is 2. The molecule has 0 unspecified atom stereocenters. The SMILES string of the molecule is C[C@H](NC(=O)COc1ccccc1[N+](=O)[O-])c1cccc(NC(=O)c2ccccc2)c1. The monoisotopic (exact) mass is 419 g/mol. The predicted octanol–water partition coefficient (Wildman–Crippen LogP) is 4.10. The minimum absolute atomic E-state index is 0.0286. The lowest BCUT2D eigenvalue weighted by Gasteiger charge is -2.16. The molecule has 3 rings (SSSR count). The molecular formula is C23H21N3O5. The molecule has 0 radical (unpaired) electrons. The van der Waals surface area contributed by atoms with E-state index in [0.29, 0.717) is 11.3 Å². The van der Waals surface area contributed by atoms with Crippen LogP contribution in [0.2, 0.25) is 0 Å². The summed E-state index contributed by atoms with van der Waals surface area (Å²) in [5, 5.41) is 16.6. The third-order valence-corrected chi connectivity index (χ3v) is 4.48. The molecule has 1 atom stereocenters. The highest BCUT2D eigenvalue weighted by molar-refractivity contribution is 6.04. The molecule has 8 heteroatoms. The van der Waals surface area contributed by atoms with Crippen LogP contribution in [0.3, 0.4) is 0 Å². The standard InChI is InChI=1S/C23H21N3O5/c1-16(24-22(27)15-31-21-13-6-5-12-20(21)26(29)30)18-10-7-11-19(14-18)25-23(28)17-8-3-2-4-9-17/h2-14,16H,15H2,1H3,(H,24,27)(H,25,28)/t16-/m0/s1. The summed E-state index contributed by atoms with van der Waals surface area (Å²) >= 11 is 0. The Kier molecular flexibility index (Phi) is 6.95. The van der Waals surface area contributed by atoms with Crippen LogP contribution in [0.5, 0.6) is 5.75 Å². The van der Waals surface area contributed by atoms with E-state index < -0.39 is 10.8 Å². The first-order valence-electron chi connectivity index (χ1n) is 9.56. The Hall–Kier alpha value is -4.20. The van der Waals surface area contributed by atoms with Crippen LogP contribution in [-0.2, 0) is 4.79 Å². The number of nitrogens with zero attached hydrogens (tertiary/aromatic N) is 1. The molecule has 0 aliphatic heterocycles. The van der Waals surface area contributed by atoms with Crippen molar-refractivity contribution in [2.75, 3.05) is 11.9 Å². The van der Waals surface area contributed by atoms with Gasteiger partial charge in [0.1, 0.15) is 0 Å². The molecule has 0 spiro atoms. The highest BCUT2D eigenvalue weighted by Crippen LogP contribution is 2.25. The first kappa shape index (κ1) is 21.5. The van der Waals surface area contributed by atoms with E-state index >= 15 is 0 Å². The highest BCUT2D eigenvalue weighted by atomic mass is 16.6. The summed E-state index contributed by atoms with van der Waals surface area (Å²) in [7, 11) is 0. The number of nitro benzene ring substituents is 1. The number of hydrogen-bond donors (Lipinski definition) is 2. The van der Waals surface area contributed by atoms with Gasteiger partial charge in [-0.05, 0) is 42.8 Å². The van der Waals surface area contributed by atoms with Gasteiger partial charge in [-0.1, -0.05) is 42.5 Å². The van der Waals surface area contributed by atoms with Crippen molar-refractivity contribution in [3.63, 3.8) is 0 Å². The van der Waals surface area contributed by atoms with Crippen molar-refractivity contribution in [1.29, 1.82) is 0 Å². The van der Waals surface area contributed by atoms with Gasteiger partial charge in [-0.25, -0.2) is 0 Å². The molecule has 0 aliphatic carbocycles. The van der Waals surface area contributed by atoms with Crippen molar-refractivity contribution < 1.29 is 19.2 Å². The molecule has 2 N–H and O–H groups in total. The minimum atomic E-state index is -0.564. The molecule has 0 bridgehead atoms. The second-order valence-electron chi connectivity index (χ2n) is 6.75. The molecule has 31 heavy (non-hydrogen) atoms. The van der Waals surface area contributed by atoms with Crippen LogP contribution in [0.25, 0.3) is 0 Å². The normalized spacial score (nSPS) is 11.3. The summed E-state index contributed by atoms with van der Waals surface area (Å²) in [4.78, 5) is 35.0. The number of ether oxygens (including phenoxy) is 1. The van der Waals surface area contributed by atoms with Gasteiger partial charge in [-0.3, -0.25) is 19.7 Å². The van der Waals surface area contributed by atoms with Gasteiger partial charge in [-0.2, -0.15) is 0 Å². The highest BCUT2D eigenvalue weighted by Gasteiger charge is 2.16. The average molecular weight is 419 g/mol. The van der Waals surface area contributed by atoms with Crippen LogP contribution in [0.15, 0.2) is 78.9 Å². The van der Waals surface area contributed by atoms with E-state index in [9.17, 15) is 19.7 Å². The number of nitro groups is 1. The smallest absolute Gasteiger partial charge is 0.310 e. The van der Waals surface area contributed by atoms with Gasteiger partial charge in [0.2, 0.25) is 0 Å². The molecule has 0 saturated carbocycles. The summed E-state index contributed by atoms with van der Waals surface area (Å²) in [6.07, 6.45) is 0. The van der Waals surface area contributed by atoms with Crippen molar-refractivity contribution in [3.05, 3.63) is 100 Å². The topological polar surface area (TPSA) is 111 Å². The molecule has 0 heterocycles. The van der Waals surface area contributed by atoms with Crippen molar-refractivity contribution in [2.24, 2.45) is 0 Å². The van der Waals surface area contributed by atoms with Crippen LogP contribution in [0.4, 0.5) is 11.4 Å². The fraction of sp³-hybridized carbons (Fsp3) is 0.130. The number of anilines is 1. The number of amides is 2. The van der Waals surface area contributed by atoms with Gasteiger partial charge in [0.05, 0.1) is 11.0 Å². The van der Waals surface area contributed by atoms with Gasteiger partial charge in [0.25, 0.3) is 11.8 Å². The van der Waals surface area contributed by atoms with E-state index in [1.165, 1.54) is 18.2 Å². The van der Waals surface area contributed by atoms with Crippen molar-refractivity contribution in [1.82, 2.24) is 5.32 Å². The predicted molar refractivity (Wildman–Crippen MR) is 116 cm³/mol. The quantitative estimate of drug-likeness (QED) is 0.422. The summed E-state index contributed by atoms with van der Waals surface area (Å²) in [6, 6.07) is 21.5. The molecule has 0 saturated heterocycles. The van der Waals surface area contributed by atoms with Crippen LogP contribution in [0, 0.1) is 10.1 Å². The number of carbonyl (C=O) groups excluding carboxylic acids is 2. The molecule has 158 valence electrons. The van der Waals surface area contributed by atoms with E-state index in [1.54, 1.807) is 55.5 Å². The molecule has 0 fully saturated rings. The molecule has 3 aromatic rings. The van der Waals surface area contributed by atoms with E-state index in [-0.39, 0.29) is 30.0 Å². The summed E-state index contributed by atoms with van der Waals surface area (Å²) in [5.74, 6) is -0.627. The van der Waals surface area contributed by atoms with Gasteiger partial charge in [-0.15, -0.1) is 0 Å². The zero-order chi connectivity index (χ0) is 22.2. The van der Waals surface area contributed by atoms with Crippen molar-refractivity contribution in [3.8, 4) is 5.75 Å². The Morgan fingerprint density at radius 3 is 2.45 bits per heavy atom. The van der Waals surface area contributed by atoms with Gasteiger partial charge >= 0.3 is 5.69 Å². The average Bonchev–Trinajstić information content (AvgIpc) is 2.78. The number of nitrogens with one attached hydrogen (secondary N) is 2. The second-order valence-corrected chi connectivity index (χ2v) is 6.75. The van der Waals surface area contributed by atoms with Gasteiger partial charge in [0, 0.05) is 17.3 Å². The Bertz CT molecular complexity index is 1090. The lowest BCUT2D eigenvalue weighted by atomic mass is 10.1. The molecular weight excluding hydrogens is 398 g/mol. The van der Waals surface area contributed by atoms with Crippen LogP contribution >= 0.6 is 0 Å². The Morgan fingerprint density at radius 1 is 1.00 bits per heavy atom. The van der Waals surface area contributed by atoms with E-state index in [2.05, 4.69) is 10.6 Å². The fourth-order valence-corrected chi connectivity index (χ4v) is 2.92.